The second-order valence-electron chi connectivity index (χ2n) is 5.05. The summed E-state index contributed by atoms with van der Waals surface area (Å²) in [6.07, 6.45) is 0. The summed E-state index contributed by atoms with van der Waals surface area (Å²) in [6.45, 7) is -0.312. The van der Waals surface area contributed by atoms with Crippen LogP contribution in [0.2, 0.25) is 0 Å². The maximum atomic E-state index is 12.3. The number of sulfonamides is 1. The Morgan fingerprint density at radius 1 is 1.00 bits per heavy atom. The van der Waals surface area contributed by atoms with Crippen LogP contribution in [-0.4, -0.2) is 63.7 Å². The van der Waals surface area contributed by atoms with Gasteiger partial charge in [0, 0.05) is 11.5 Å². The lowest BCUT2D eigenvalue weighted by Crippen LogP contribution is -2.48. The number of nitrogens with zero attached hydrogens (tertiary/aromatic N) is 2. The van der Waals surface area contributed by atoms with E-state index in [-0.39, 0.29) is 11.4 Å². The minimum atomic E-state index is -3.78. The number of nitrogens with one attached hydrogen (secondary N) is 2. The third-order valence-electron chi connectivity index (χ3n) is 2.69. The number of hydrogen-bond acceptors (Lipinski definition) is 5. The molecule has 0 unspecified atom stereocenters. The molecule has 0 saturated heterocycles. The molecular weight excluding hydrogens is 388 g/mol. The van der Waals surface area contributed by atoms with Crippen LogP contribution in [0.1, 0.15) is 0 Å². The summed E-state index contributed by atoms with van der Waals surface area (Å²) in [5, 5.41) is 0. The molecule has 0 fully saturated rings. The standard InChI is InChI=1S/C13H19BrN4O4S/c1-17(2)8-12(19)15-16-13(20)9-18(3)23(21,22)11-6-4-10(14)5-7-11/h4-7H,8-9H2,1-3H3,(H,15,19)(H,16,20). The van der Waals surface area contributed by atoms with Crippen LogP contribution in [0.5, 0.6) is 0 Å². The molecule has 0 aliphatic heterocycles. The zero-order chi connectivity index (χ0) is 17.6. The van der Waals surface area contributed by atoms with Gasteiger partial charge >= 0.3 is 0 Å². The molecule has 0 heterocycles. The summed E-state index contributed by atoms with van der Waals surface area (Å²) in [5.41, 5.74) is 4.38. The SMILES string of the molecule is CN(C)CC(=O)NNC(=O)CN(C)S(=O)(=O)c1ccc(Br)cc1. The second-order valence-corrected chi connectivity index (χ2v) is 8.01. The number of hydrazine groups is 1. The van der Waals surface area contributed by atoms with E-state index in [2.05, 4.69) is 26.8 Å². The average Bonchev–Trinajstić information content (AvgIpc) is 2.44. The smallest absolute Gasteiger partial charge is 0.253 e. The number of benzene rings is 1. The van der Waals surface area contributed by atoms with Crippen LogP contribution >= 0.6 is 15.9 Å². The lowest BCUT2D eigenvalue weighted by molar-refractivity contribution is -0.129. The molecule has 0 spiro atoms. The van der Waals surface area contributed by atoms with Gasteiger partial charge in [-0.1, -0.05) is 15.9 Å². The van der Waals surface area contributed by atoms with E-state index in [0.29, 0.717) is 0 Å². The third kappa shape index (κ3) is 6.26. The minimum Gasteiger partial charge on any atom is -0.301 e. The minimum absolute atomic E-state index is 0.0765. The van der Waals surface area contributed by atoms with Gasteiger partial charge in [0.1, 0.15) is 0 Å². The first-order valence-corrected chi connectivity index (χ1v) is 8.80. The first kappa shape index (κ1) is 19.6. The summed E-state index contributed by atoms with van der Waals surface area (Å²) in [6, 6.07) is 6.07. The molecule has 2 amide bonds. The number of halogens is 1. The molecule has 128 valence electrons. The van der Waals surface area contributed by atoms with Crippen molar-refractivity contribution in [3.8, 4) is 0 Å². The Kier molecular flexibility index (Phi) is 7.13. The molecule has 0 aromatic heterocycles. The van der Waals surface area contributed by atoms with Gasteiger partial charge in [0.2, 0.25) is 10.0 Å². The first-order valence-electron chi connectivity index (χ1n) is 6.57. The van der Waals surface area contributed by atoms with Crippen LogP contribution in [0, 0.1) is 0 Å². The van der Waals surface area contributed by atoms with Crippen LogP contribution in [0.25, 0.3) is 0 Å². The van der Waals surface area contributed by atoms with Crippen molar-refractivity contribution in [1.82, 2.24) is 20.1 Å². The number of likely N-dealkylation sites (N-methyl/N-ethyl adjacent to an activating group) is 2. The quantitative estimate of drug-likeness (QED) is 0.636. The number of amides is 2. The molecule has 1 aromatic rings. The zero-order valence-corrected chi connectivity index (χ0v) is 15.4. The van der Waals surface area contributed by atoms with Crippen LogP contribution in [0.4, 0.5) is 0 Å². The molecule has 8 nitrogen and oxygen atoms in total. The molecule has 0 aliphatic carbocycles. The molecule has 1 aromatic carbocycles. The van der Waals surface area contributed by atoms with E-state index >= 15 is 0 Å². The molecule has 2 N–H and O–H groups in total. The van der Waals surface area contributed by atoms with Gasteiger partial charge in [-0.2, -0.15) is 4.31 Å². The fourth-order valence-corrected chi connectivity index (χ4v) is 2.97. The Labute approximate surface area is 144 Å². The summed E-state index contributed by atoms with van der Waals surface area (Å²) in [7, 11) is 0.929. The van der Waals surface area contributed by atoms with E-state index < -0.39 is 28.4 Å². The van der Waals surface area contributed by atoms with Crippen LogP contribution < -0.4 is 10.9 Å². The molecule has 10 heteroatoms. The molecule has 0 saturated carbocycles. The second kappa shape index (κ2) is 8.39. The maximum Gasteiger partial charge on any atom is 0.253 e. The van der Waals surface area contributed by atoms with E-state index in [4.69, 9.17) is 0 Å². The Hall–Kier alpha value is -1.49. The van der Waals surface area contributed by atoms with Crippen molar-refractivity contribution in [2.24, 2.45) is 0 Å². The molecule has 0 atom stereocenters. The van der Waals surface area contributed by atoms with Crippen molar-refractivity contribution in [3.05, 3.63) is 28.7 Å². The number of hydrogen-bond donors (Lipinski definition) is 2. The summed E-state index contributed by atoms with van der Waals surface area (Å²) >= 11 is 3.22. The van der Waals surface area contributed by atoms with Gasteiger partial charge in [0.25, 0.3) is 11.8 Å². The number of carbonyl (C=O) groups excluding carboxylic acids is 2. The molecule has 0 radical (unpaired) electrons. The van der Waals surface area contributed by atoms with Gasteiger partial charge in [0.15, 0.2) is 0 Å². The van der Waals surface area contributed by atoms with Crippen molar-refractivity contribution in [2.45, 2.75) is 4.90 Å². The highest BCUT2D eigenvalue weighted by atomic mass is 79.9. The highest BCUT2D eigenvalue weighted by Crippen LogP contribution is 2.17. The molecular formula is C13H19BrN4O4S. The van der Waals surface area contributed by atoms with Gasteiger partial charge in [-0.05, 0) is 38.4 Å². The largest absolute Gasteiger partial charge is 0.301 e. The van der Waals surface area contributed by atoms with Crippen molar-refractivity contribution in [1.29, 1.82) is 0 Å². The molecule has 0 bridgehead atoms. The first-order chi connectivity index (χ1) is 10.6. The Bertz CT molecular complexity index is 661. The van der Waals surface area contributed by atoms with E-state index in [9.17, 15) is 18.0 Å². The maximum absolute atomic E-state index is 12.3. The molecule has 23 heavy (non-hydrogen) atoms. The monoisotopic (exact) mass is 406 g/mol. The highest BCUT2D eigenvalue weighted by molar-refractivity contribution is 9.10. The Morgan fingerprint density at radius 2 is 1.48 bits per heavy atom. The normalized spacial score (nSPS) is 11.6. The van der Waals surface area contributed by atoms with Crippen molar-refractivity contribution >= 4 is 37.8 Å². The van der Waals surface area contributed by atoms with E-state index in [0.717, 1.165) is 8.78 Å². The summed E-state index contributed by atoms with van der Waals surface area (Å²) < 4.78 is 26.3. The van der Waals surface area contributed by atoms with Crippen LogP contribution in [0.3, 0.4) is 0 Å². The topological polar surface area (TPSA) is 98.8 Å². The van der Waals surface area contributed by atoms with E-state index in [1.165, 1.54) is 19.2 Å². The fourth-order valence-electron chi connectivity index (χ4n) is 1.58. The van der Waals surface area contributed by atoms with E-state index in [1.807, 2.05) is 0 Å². The lowest BCUT2D eigenvalue weighted by atomic mass is 10.4. The van der Waals surface area contributed by atoms with Gasteiger partial charge in [-0.15, -0.1) is 0 Å². The highest BCUT2D eigenvalue weighted by Gasteiger charge is 2.23. The lowest BCUT2D eigenvalue weighted by Gasteiger charge is -2.17. The fraction of sp³-hybridized carbons (Fsp3) is 0.385. The average molecular weight is 407 g/mol. The third-order valence-corrected chi connectivity index (χ3v) is 5.04. The van der Waals surface area contributed by atoms with E-state index in [1.54, 1.807) is 31.1 Å². The summed E-state index contributed by atoms with van der Waals surface area (Å²) in [4.78, 5) is 24.8. The Morgan fingerprint density at radius 3 is 1.96 bits per heavy atom. The van der Waals surface area contributed by atoms with Gasteiger partial charge in [-0.25, -0.2) is 8.42 Å². The number of rotatable bonds is 6. The van der Waals surface area contributed by atoms with Crippen molar-refractivity contribution in [2.75, 3.05) is 34.2 Å². The van der Waals surface area contributed by atoms with Crippen LogP contribution in [-0.2, 0) is 19.6 Å². The number of carbonyl (C=O) groups is 2. The van der Waals surface area contributed by atoms with Gasteiger partial charge in [-0.3, -0.25) is 20.4 Å². The summed E-state index contributed by atoms with van der Waals surface area (Å²) in [5.74, 6) is -1.04. The van der Waals surface area contributed by atoms with Crippen molar-refractivity contribution in [3.63, 3.8) is 0 Å². The predicted molar refractivity (Wildman–Crippen MR) is 88.8 cm³/mol. The molecule has 0 aliphatic rings. The Balaban J connectivity index is 2.60. The molecule has 1 rings (SSSR count). The van der Waals surface area contributed by atoms with Crippen molar-refractivity contribution < 1.29 is 18.0 Å². The van der Waals surface area contributed by atoms with Crippen LogP contribution in [0.15, 0.2) is 33.6 Å². The zero-order valence-electron chi connectivity index (χ0n) is 13.0. The van der Waals surface area contributed by atoms with Gasteiger partial charge < -0.3 is 4.90 Å². The van der Waals surface area contributed by atoms with Gasteiger partial charge in [0.05, 0.1) is 18.0 Å². The predicted octanol–water partition coefficient (Wildman–Crippen LogP) is -0.221.